The van der Waals surface area contributed by atoms with Crippen LogP contribution in [0.25, 0.3) is 0 Å². The Morgan fingerprint density at radius 2 is 2.06 bits per heavy atom. The van der Waals surface area contributed by atoms with E-state index in [4.69, 9.17) is 16.3 Å². The van der Waals surface area contributed by atoms with E-state index < -0.39 is 0 Å². The van der Waals surface area contributed by atoms with Gasteiger partial charge in [0.25, 0.3) is 0 Å². The van der Waals surface area contributed by atoms with Gasteiger partial charge in [-0.15, -0.1) is 11.6 Å². The zero-order valence-corrected chi connectivity index (χ0v) is 11.6. The molecular weight excluding hydrogens is 287 g/mol. The summed E-state index contributed by atoms with van der Waals surface area (Å²) in [6.45, 7) is 0.851. The van der Waals surface area contributed by atoms with E-state index in [-0.39, 0.29) is 0 Å². The van der Waals surface area contributed by atoms with E-state index in [0.29, 0.717) is 5.88 Å². The molecule has 0 aromatic heterocycles. The standard InChI is InChI=1S/C13H16BrClO/c14-13-6-5-12(7-11(13)8-15)16-9-10-3-1-2-4-10/h5-7,10H,1-4,8-9H2. The highest BCUT2D eigenvalue weighted by atomic mass is 79.9. The number of halogens is 2. The van der Waals surface area contributed by atoms with Crippen LogP contribution in [0.4, 0.5) is 0 Å². The second-order valence-corrected chi connectivity index (χ2v) is 5.47. The van der Waals surface area contributed by atoms with Crippen LogP contribution in [-0.4, -0.2) is 6.61 Å². The third-order valence-corrected chi connectivity index (χ3v) is 4.18. The summed E-state index contributed by atoms with van der Waals surface area (Å²) in [5.74, 6) is 2.20. The Morgan fingerprint density at radius 1 is 1.31 bits per heavy atom. The summed E-state index contributed by atoms with van der Waals surface area (Å²) in [5.41, 5.74) is 1.09. The van der Waals surface area contributed by atoms with Crippen LogP contribution >= 0.6 is 27.5 Å². The summed E-state index contributed by atoms with van der Waals surface area (Å²) in [7, 11) is 0. The average molecular weight is 304 g/mol. The van der Waals surface area contributed by atoms with Crippen LogP contribution in [0, 0.1) is 5.92 Å². The van der Waals surface area contributed by atoms with Crippen LogP contribution in [0.1, 0.15) is 31.2 Å². The molecule has 1 aromatic rings. The number of ether oxygens (including phenoxy) is 1. The molecule has 0 amide bonds. The van der Waals surface area contributed by atoms with E-state index >= 15 is 0 Å². The molecule has 1 nitrogen and oxygen atoms in total. The average Bonchev–Trinajstić information content (AvgIpc) is 2.81. The van der Waals surface area contributed by atoms with Crippen LogP contribution in [0.5, 0.6) is 5.75 Å². The first-order valence-corrected chi connectivity index (χ1v) is 7.09. The van der Waals surface area contributed by atoms with Crippen molar-refractivity contribution in [1.82, 2.24) is 0 Å². The number of hydrogen-bond donors (Lipinski definition) is 0. The molecule has 0 saturated heterocycles. The van der Waals surface area contributed by atoms with Gasteiger partial charge < -0.3 is 4.74 Å². The summed E-state index contributed by atoms with van der Waals surface area (Å²) in [5, 5.41) is 0. The largest absolute Gasteiger partial charge is 0.493 e. The molecule has 0 radical (unpaired) electrons. The van der Waals surface area contributed by atoms with E-state index in [2.05, 4.69) is 15.9 Å². The van der Waals surface area contributed by atoms with Gasteiger partial charge in [-0.1, -0.05) is 28.8 Å². The van der Waals surface area contributed by atoms with Crippen LogP contribution < -0.4 is 4.74 Å². The van der Waals surface area contributed by atoms with Crippen molar-refractivity contribution in [2.24, 2.45) is 5.92 Å². The van der Waals surface area contributed by atoms with E-state index in [0.717, 1.165) is 28.3 Å². The molecule has 3 heteroatoms. The fourth-order valence-corrected chi connectivity index (χ4v) is 2.90. The molecule has 1 saturated carbocycles. The van der Waals surface area contributed by atoms with Crippen LogP contribution in [0.2, 0.25) is 0 Å². The first kappa shape index (κ1) is 12.3. The van der Waals surface area contributed by atoms with Gasteiger partial charge in [-0.05, 0) is 42.5 Å². The normalized spacial score (nSPS) is 16.6. The minimum Gasteiger partial charge on any atom is -0.493 e. The molecule has 0 heterocycles. The molecule has 88 valence electrons. The fraction of sp³-hybridized carbons (Fsp3) is 0.538. The maximum atomic E-state index is 5.85. The van der Waals surface area contributed by atoms with E-state index in [1.54, 1.807) is 0 Å². The highest BCUT2D eigenvalue weighted by Gasteiger charge is 2.15. The molecule has 0 N–H and O–H groups in total. The highest BCUT2D eigenvalue weighted by molar-refractivity contribution is 9.10. The molecule has 1 aliphatic rings. The molecule has 0 bridgehead atoms. The van der Waals surface area contributed by atoms with Crippen molar-refractivity contribution in [2.75, 3.05) is 6.61 Å². The zero-order valence-electron chi connectivity index (χ0n) is 9.22. The zero-order chi connectivity index (χ0) is 11.4. The second kappa shape index (κ2) is 5.92. The van der Waals surface area contributed by atoms with Gasteiger partial charge in [-0.25, -0.2) is 0 Å². The van der Waals surface area contributed by atoms with Crippen molar-refractivity contribution in [2.45, 2.75) is 31.6 Å². The Labute approximate surface area is 110 Å². The minimum absolute atomic E-state index is 0.515. The van der Waals surface area contributed by atoms with E-state index in [1.807, 2.05) is 18.2 Å². The molecule has 0 atom stereocenters. The first-order valence-electron chi connectivity index (χ1n) is 5.77. The van der Waals surface area contributed by atoms with Gasteiger partial charge in [0.2, 0.25) is 0 Å². The molecule has 0 unspecified atom stereocenters. The van der Waals surface area contributed by atoms with Gasteiger partial charge in [0.1, 0.15) is 5.75 Å². The Morgan fingerprint density at radius 3 is 2.75 bits per heavy atom. The number of rotatable bonds is 4. The number of hydrogen-bond acceptors (Lipinski definition) is 1. The Hall–Kier alpha value is -0.210. The second-order valence-electron chi connectivity index (χ2n) is 4.35. The van der Waals surface area contributed by atoms with Gasteiger partial charge in [-0.2, -0.15) is 0 Å². The number of alkyl halides is 1. The van der Waals surface area contributed by atoms with Crippen molar-refractivity contribution in [1.29, 1.82) is 0 Å². The minimum atomic E-state index is 0.515. The molecule has 0 spiro atoms. The predicted molar refractivity (Wildman–Crippen MR) is 71.2 cm³/mol. The fourth-order valence-electron chi connectivity index (χ4n) is 2.13. The maximum absolute atomic E-state index is 5.85. The molecule has 1 aromatic carbocycles. The lowest BCUT2D eigenvalue weighted by Crippen LogP contribution is -2.08. The third kappa shape index (κ3) is 3.14. The van der Waals surface area contributed by atoms with Gasteiger partial charge in [-0.3, -0.25) is 0 Å². The topological polar surface area (TPSA) is 9.23 Å². The third-order valence-electron chi connectivity index (χ3n) is 3.12. The molecule has 0 aliphatic heterocycles. The molecule has 16 heavy (non-hydrogen) atoms. The lowest BCUT2D eigenvalue weighted by molar-refractivity contribution is 0.252. The quantitative estimate of drug-likeness (QED) is 0.729. The summed E-state index contributed by atoms with van der Waals surface area (Å²) in [6.07, 6.45) is 5.36. The smallest absolute Gasteiger partial charge is 0.119 e. The van der Waals surface area contributed by atoms with Crippen molar-refractivity contribution in [3.8, 4) is 5.75 Å². The van der Waals surface area contributed by atoms with Crippen LogP contribution in [0.15, 0.2) is 22.7 Å². The van der Waals surface area contributed by atoms with Gasteiger partial charge >= 0.3 is 0 Å². The van der Waals surface area contributed by atoms with Crippen LogP contribution in [0.3, 0.4) is 0 Å². The SMILES string of the molecule is ClCc1cc(OCC2CCCC2)ccc1Br. The number of benzene rings is 1. The summed E-state index contributed by atoms with van der Waals surface area (Å²) in [6, 6.07) is 6.02. The summed E-state index contributed by atoms with van der Waals surface area (Å²) < 4.78 is 6.86. The maximum Gasteiger partial charge on any atom is 0.119 e. The van der Waals surface area contributed by atoms with Gasteiger partial charge in [0.05, 0.1) is 6.61 Å². The molecular formula is C13H16BrClO. The molecule has 2 rings (SSSR count). The van der Waals surface area contributed by atoms with Crippen molar-refractivity contribution < 1.29 is 4.74 Å². The first-order chi connectivity index (χ1) is 7.79. The Balaban J connectivity index is 1.93. The summed E-state index contributed by atoms with van der Waals surface area (Å²) >= 11 is 9.31. The van der Waals surface area contributed by atoms with Gasteiger partial charge in [0.15, 0.2) is 0 Å². The highest BCUT2D eigenvalue weighted by Crippen LogP contribution is 2.27. The molecule has 1 aliphatic carbocycles. The summed E-state index contributed by atoms with van der Waals surface area (Å²) in [4.78, 5) is 0. The van der Waals surface area contributed by atoms with Crippen LogP contribution in [-0.2, 0) is 5.88 Å². The van der Waals surface area contributed by atoms with E-state index in [9.17, 15) is 0 Å². The van der Waals surface area contributed by atoms with Crippen molar-refractivity contribution in [3.05, 3.63) is 28.2 Å². The lowest BCUT2D eigenvalue weighted by Gasteiger charge is -2.12. The Kier molecular flexibility index (Phi) is 4.54. The van der Waals surface area contributed by atoms with E-state index in [1.165, 1.54) is 25.7 Å². The molecule has 1 fully saturated rings. The Bertz CT molecular complexity index is 348. The lowest BCUT2D eigenvalue weighted by atomic mass is 10.1. The van der Waals surface area contributed by atoms with Crippen molar-refractivity contribution in [3.63, 3.8) is 0 Å². The predicted octanol–water partition coefficient (Wildman–Crippen LogP) is 4.76. The van der Waals surface area contributed by atoms with Gasteiger partial charge in [0, 0.05) is 10.4 Å². The van der Waals surface area contributed by atoms with Crippen molar-refractivity contribution >= 4 is 27.5 Å². The monoisotopic (exact) mass is 302 g/mol.